The Morgan fingerprint density at radius 2 is 1.91 bits per heavy atom. The molecule has 2 aliphatic heterocycles. The Balaban J connectivity index is 1.56. The van der Waals surface area contributed by atoms with Crippen LogP contribution in [0.3, 0.4) is 0 Å². The van der Waals surface area contributed by atoms with Gasteiger partial charge in [0.25, 0.3) is 0 Å². The number of piperazine rings is 1. The number of benzene rings is 2. The number of hydrogen-bond acceptors (Lipinski definition) is 7. The number of nitrogens with one attached hydrogen (secondary N) is 1. The SMILES string of the molecule is COc1ccc(C=C2Oc3c(ccc([O-])c3C[NH+]3CCN(CCO)CC3)C2=O)cc1OC. The third-order valence-electron chi connectivity index (χ3n) is 6.01. The van der Waals surface area contributed by atoms with E-state index in [-0.39, 0.29) is 23.9 Å². The summed E-state index contributed by atoms with van der Waals surface area (Å²) in [6.45, 7) is 4.79. The minimum atomic E-state index is -0.237. The van der Waals surface area contributed by atoms with Crippen molar-refractivity contribution in [2.45, 2.75) is 6.54 Å². The van der Waals surface area contributed by atoms with E-state index in [1.165, 1.54) is 11.0 Å². The molecule has 0 aromatic heterocycles. The molecular weight excluding hydrogens is 412 g/mol. The van der Waals surface area contributed by atoms with Crippen molar-refractivity contribution in [3.05, 3.63) is 52.8 Å². The fraction of sp³-hybridized carbons (Fsp3) is 0.375. The Bertz CT molecular complexity index is 1030. The van der Waals surface area contributed by atoms with Crippen molar-refractivity contribution in [1.82, 2.24) is 4.90 Å². The second kappa shape index (κ2) is 9.60. The maximum absolute atomic E-state index is 13.0. The first-order valence-corrected chi connectivity index (χ1v) is 10.7. The molecule has 0 bridgehead atoms. The average molecular weight is 440 g/mol. The van der Waals surface area contributed by atoms with Gasteiger partial charge in [0.1, 0.15) is 12.3 Å². The quantitative estimate of drug-likeness (QED) is 0.589. The van der Waals surface area contributed by atoms with Crippen molar-refractivity contribution < 1.29 is 34.1 Å². The van der Waals surface area contributed by atoms with Gasteiger partial charge in [0, 0.05) is 25.2 Å². The highest BCUT2D eigenvalue weighted by Gasteiger charge is 2.31. The monoisotopic (exact) mass is 440 g/mol. The van der Waals surface area contributed by atoms with Crippen molar-refractivity contribution in [3.8, 4) is 23.0 Å². The van der Waals surface area contributed by atoms with E-state index in [1.54, 1.807) is 38.5 Å². The molecule has 4 rings (SSSR count). The van der Waals surface area contributed by atoms with Crippen LogP contribution in [-0.4, -0.2) is 69.3 Å². The number of ether oxygens (including phenoxy) is 3. The molecule has 0 unspecified atom stereocenters. The summed E-state index contributed by atoms with van der Waals surface area (Å²) in [7, 11) is 3.11. The minimum absolute atomic E-state index is 0.116. The predicted octanol–water partition coefficient (Wildman–Crippen LogP) is 0.0864. The van der Waals surface area contributed by atoms with Gasteiger partial charge in [-0.3, -0.25) is 9.69 Å². The van der Waals surface area contributed by atoms with Crippen LogP contribution in [0.2, 0.25) is 0 Å². The summed E-state index contributed by atoms with van der Waals surface area (Å²) in [4.78, 5) is 16.4. The summed E-state index contributed by atoms with van der Waals surface area (Å²) in [5.74, 6) is 1.35. The molecule has 2 heterocycles. The van der Waals surface area contributed by atoms with Gasteiger partial charge in [-0.2, -0.15) is 0 Å². The van der Waals surface area contributed by atoms with E-state index in [1.807, 2.05) is 6.07 Å². The number of quaternary nitrogens is 1. The van der Waals surface area contributed by atoms with Crippen LogP contribution in [0.5, 0.6) is 23.0 Å². The molecule has 2 aromatic rings. The van der Waals surface area contributed by atoms with Crippen molar-refractivity contribution in [3.63, 3.8) is 0 Å². The molecular formula is C24H28N2O6. The summed E-state index contributed by atoms with van der Waals surface area (Å²) >= 11 is 0. The normalized spacial score (nSPS) is 18.0. The Labute approximate surface area is 187 Å². The minimum Gasteiger partial charge on any atom is -0.872 e. The van der Waals surface area contributed by atoms with Crippen LogP contribution in [0.1, 0.15) is 21.5 Å². The van der Waals surface area contributed by atoms with Gasteiger partial charge in [-0.05, 0) is 29.8 Å². The largest absolute Gasteiger partial charge is 0.872 e. The van der Waals surface area contributed by atoms with Crippen molar-refractivity contribution in [1.29, 1.82) is 0 Å². The number of aliphatic hydroxyl groups excluding tert-OH is 1. The second-order valence-electron chi connectivity index (χ2n) is 7.97. The van der Waals surface area contributed by atoms with Gasteiger partial charge >= 0.3 is 0 Å². The van der Waals surface area contributed by atoms with Crippen molar-refractivity contribution >= 4 is 11.9 Å². The molecule has 8 nitrogen and oxygen atoms in total. The number of allylic oxidation sites excluding steroid dienone is 1. The molecule has 8 heteroatoms. The standard InChI is InChI=1S/C24H28N2O6/c1-30-20-6-3-16(13-21(20)31-2)14-22-23(29)17-4-5-19(28)18(24(17)32-22)15-26-9-7-25(8-10-26)11-12-27/h3-6,13-14,27-28H,7-12,15H2,1-2H3. The number of β-amino-alcohol motifs (C(OH)–C–C–N with tert-alkyl or cyclic N) is 1. The molecule has 0 amide bonds. The molecule has 1 saturated heterocycles. The van der Waals surface area contributed by atoms with E-state index in [2.05, 4.69) is 4.90 Å². The lowest BCUT2D eigenvalue weighted by atomic mass is 10.0. The summed E-state index contributed by atoms with van der Waals surface area (Å²) in [6, 6.07) is 8.34. The van der Waals surface area contributed by atoms with Crippen LogP contribution in [0, 0.1) is 0 Å². The molecule has 2 aromatic carbocycles. The fourth-order valence-corrected chi connectivity index (χ4v) is 4.21. The summed E-state index contributed by atoms with van der Waals surface area (Å²) in [5, 5.41) is 21.8. The van der Waals surface area contributed by atoms with Crippen LogP contribution in [-0.2, 0) is 6.54 Å². The van der Waals surface area contributed by atoms with E-state index < -0.39 is 0 Å². The summed E-state index contributed by atoms with van der Waals surface area (Å²) in [6.07, 6.45) is 1.65. The van der Waals surface area contributed by atoms with E-state index in [0.717, 1.165) is 31.7 Å². The highest BCUT2D eigenvalue weighted by molar-refractivity contribution is 6.15. The number of aliphatic hydroxyl groups is 1. The molecule has 32 heavy (non-hydrogen) atoms. The highest BCUT2D eigenvalue weighted by atomic mass is 16.5. The molecule has 2 aliphatic rings. The van der Waals surface area contributed by atoms with E-state index in [9.17, 15) is 9.90 Å². The number of nitrogens with zero attached hydrogens (tertiary/aromatic N) is 1. The molecule has 0 radical (unpaired) electrons. The number of rotatable bonds is 7. The van der Waals surface area contributed by atoms with Crippen molar-refractivity contribution in [2.75, 3.05) is 53.6 Å². The molecule has 1 fully saturated rings. The maximum Gasteiger partial charge on any atom is 0.231 e. The summed E-state index contributed by atoms with van der Waals surface area (Å²) < 4.78 is 16.5. The van der Waals surface area contributed by atoms with Crippen LogP contribution in [0.25, 0.3) is 6.08 Å². The topological polar surface area (TPSA) is 95.7 Å². The van der Waals surface area contributed by atoms with Gasteiger partial charge in [-0.1, -0.05) is 17.9 Å². The van der Waals surface area contributed by atoms with Gasteiger partial charge in [-0.15, -0.1) is 0 Å². The lowest BCUT2D eigenvalue weighted by Gasteiger charge is -2.32. The van der Waals surface area contributed by atoms with Crippen LogP contribution in [0.4, 0.5) is 0 Å². The van der Waals surface area contributed by atoms with Gasteiger partial charge in [0.15, 0.2) is 17.3 Å². The lowest BCUT2D eigenvalue weighted by molar-refractivity contribution is -0.918. The number of carbonyl (C=O) groups excluding carboxylic acids is 1. The number of Topliss-reactive ketones (excluding diaryl/α,β-unsaturated/α-hetero) is 1. The van der Waals surface area contributed by atoms with Crippen LogP contribution >= 0.6 is 0 Å². The molecule has 0 atom stereocenters. The molecule has 170 valence electrons. The number of hydrogen-bond donors (Lipinski definition) is 2. The number of ketones is 1. The fourth-order valence-electron chi connectivity index (χ4n) is 4.21. The molecule has 0 aliphatic carbocycles. The van der Waals surface area contributed by atoms with E-state index >= 15 is 0 Å². The Morgan fingerprint density at radius 3 is 2.59 bits per heavy atom. The summed E-state index contributed by atoms with van der Waals surface area (Å²) in [5.41, 5.74) is 1.69. The third-order valence-corrected chi connectivity index (χ3v) is 6.01. The smallest absolute Gasteiger partial charge is 0.231 e. The second-order valence-corrected chi connectivity index (χ2v) is 7.97. The van der Waals surface area contributed by atoms with E-state index in [4.69, 9.17) is 19.3 Å². The third kappa shape index (κ3) is 4.43. The Kier molecular flexibility index (Phi) is 6.64. The first-order chi connectivity index (χ1) is 15.5. The van der Waals surface area contributed by atoms with Gasteiger partial charge in [0.05, 0.1) is 39.5 Å². The zero-order chi connectivity index (χ0) is 22.7. The number of carbonyl (C=O) groups is 1. The van der Waals surface area contributed by atoms with Crippen LogP contribution in [0.15, 0.2) is 36.1 Å². The Morgan fingerprint density at radius 1 is 1.16 bits per heavy atom. The lowest BCUT2D eigenvalue weighted by Crippen LogP contribution is -3.13. The maximum atomic E-state index is 13.0. The van der Waals surface area contributed by atoms with Gasteiger partial charge in [0.2, 0.25) is 5.78 Å². The van der Waals surface area contributed by atoms with Gasteiger partial charge in [-0.25, -0.2) is 0 Å². The highest BCUT2D eigenvalue weighted by Crippen LogP contribution is 2.38. The average Bonchev–Trinajstić information content (AvgIpc) is 3.12. The van der Waals surface area contributed by atoms with Crippen LogP contribution < -0.4 is 24.2 Å². The molecule has 2 N–H and O–H groups in total. The number of methoxy groups -OCH3 is 2. The Hall–Kier alpha value is -3.07. The van der Waals surface area contributed by atoms with Crippen molar-refractivity contribution in [2.24, 2.45) is 0 Å². The first-order valence-electron chi connectivity index (χ1n) is 10.7. The van der Waals surface area contributed by atoms with E-state index in [0.29, 0.717) is 41.5 Å². The van der Waals surface area contributed by atoms with Gasteiger partial charge < -0.3 is 29.3 Å². The first kappa shape index (κ1) is 22.1. The molecule has 0 saturated carbocycles. The predicted molar refractivity (Wildman–Crippen MR) is 116 cm³/mol. The zero-order valence-corrected chi connectivity index (χ0v) is 18.3. The molecule has 0 spiro atoms. The number of fused-ring (bicyclic) bond motifs is 1. The zero-order valence-electron chi connectivity index (χ0n) is 18.3.